The van der Waals surface area contributed by atoms with Crippen molar-refractivity contribution >= 4 is 16.0 Å². The lowest BCUT2D eigenvalue weighted by atomic mass is 10.2. The molecule has 0 aliphatic rings. The van der Waals surface area contributed by atoms with Crippen molar-refractivity contribution in [3.63, 3.8) is 0 Å². The SMILES string of the molecule is CCCC(NS(=O)(=O)c1ccc(OCCOCC)cc1)C(=O)O. The molecule has 23 heavy (non-hydrogen) atoms. The fourth-order valence-corrected chi connectivity index (χ4v) is 3.08. The highest BCUT2D eigenvalue weighted by Gasteiger charge is 2.24. The second-order valence-corrected chi connectivity index (χ2v) is 6.53. The largest absolute Gasteiger partial charge is 0.491 e. The van der Waals surface area contributed by atoms with Crippen LogP contribution in [0.1, 0.15) is 26.7 Å². The third-order valence-electron chi connectivity index (χ3n) is 3.01. The lowest BCUT2D eigenvalue weighted by Crippen LogP contribution is -2.40. The highest BCUT2D eigenvalue weighted by molar-refractivity contribution is 7.89. The average Bonchev–Trinajstić information content (AvgIpc) is 2.51. The highest BCUT2D eigenvalue weighted by atomic mass is 32.2. The Labute approximate surface area is 136 Å². The van der Waals surface area contributed by atoms with E-state index in [-0.39, 0.29) is 11.3 Å². The Morgan fingerprint density at radius 2 is 1.87 bits per heavy atom. The standard InChI is InChI=1S/C15H23NO6S/c1-3-5-14(15(17)18)16-23(19,20)13-8-6-12(7-9-13)22-11-10-21-4-2/h6-9,14,16H,3-5,10-11H2,1-2H3,(H,17,18). The lowest BCUT2D eigenvalue weighted by molar-refractivity contribution is -0.139. The van der Waals surface area contributed by atoms with E-state index >= 15 is 0 Å². The molecular formula is C15H23NO6S. The number of ether oxygens (including phenoxy) is 2. The van der Waals surface area contributed by atoms with Gasteiger partial charge < -0.3 is 14.6 Å². The predicted molar refractivity (Wildman–Crippen MR) is 85.1 cm³/mol. The van der Waals surface area contributed by atoms with Crippen LogP contribution >= 0.6 is 0 Å². The van der Waals surface area contributed by atoms with Crippen molar-refractivity contribution < 1.29 is 27.8 Å². The first-order valence-corrected chi connectivity index (χ1v) is 8.94. The van der Waals surface area contributed by atoms with Gasteiger partial charge in [0, 0.05) is 6.61 Å². The zero-order chi connectivity index (χ0) is 17.3. The molecular weight excluding hydrogens is 322 g/mol. The molecule has 0 aromatic heterocycles. The molecule has 1 unspecified atom stereocenters. The Hall–Kier alpha value is -1.64. The third kappa shape index (κ3) is 6.55. The van der Waals surface area contributed by atoms with Crippen LogP contribution in [0, 0.1) is 0 Å². The number of aliphatic carboxylic acids is 1. The van der Waals surface area contributed by atoms with Crippen molar-refractivity contribution in [3.8, 4) is 5.75 Å². The number of carboxylic acid groups (broad SMARTS) is 1. The lowest BCUT2D eigenvalue weighted by Gasteiger charge is -2.14. The maximum absolute atomic E-state index is 12.2. The molecule has 7 nitrogen and oxygen atoms in total. The minimum Gasteiger partial charge on any atom is -0.491 e. The summed E-state index contributed by atoms with van der Waals surface area (Å²) < 4.78 is 37.1. The molecule has 1 atom stereocenters. The second-order valence-electron chi connectivity index (χ2n) is 4.82. The van der Waals surface area contributed by atoms with Crippen LogP contribution in [0.3, 0.4) is 0 Å². The van der Waals surface area contributed by atoms with Crippen LogP contribution in [0.2, 0.25) is 0 Å². The molecule has 1 aromatic carbocycles. The number of hydrogen-bond acceptors (Lipinski definition) is 5. The molecule has 0 amide bonds. The first-order valence-electron chi connectivity index (χ1n) is 7.46. The molecule has 8 heteroatoms. The summed E-state index contributed by atoms with van der Waals surface area (Å²) in [5.41, 5.74) is 0. The summed E-state index contributed by atoms with van der Waals surface area (Å²) >= 11 is 0. The van der Waals surface area contributed by atoms with E-state index in [1.54, 1.807) is 6.92 Å². The van der Waals surface area contributed by atoms with Crippen molar-refractivity contribution in [2.24, 2.45) is 0 Å². The van der Waals surface area contributed by atoms with E-state index in [1.807, 2.05) is 6.92 Å². The summed E-state index contributed by atoms with van der Waals surface area (Å²) in [5, 5.41) is 9.04. The summed E-state index contributed by atoms with van der Waals surface area (Å²) in [6.45, 7) is 5.11. The molecule has 2 N–H and O–H groups in total. The molecule has 0 fully saturated rings. The molecule has 1 aromatic rings. The van der Waals surface area contributed by atoms with Gasteiger partial charge in [0.15, 0.2) is 0 Å². The smallest absolute Gasteiger partial charge is 0.321 e. The highest BCUT2D eigenvalue weighted by Crippen LogP contribution is 2.16. The number of carboxylic acids is 1. The summed E-state index contributed by atoms with van der Waals surface area (Å²) in [4.78, 5) is 11.1. The van der Waals surface area contributed by atoms with E-state index in [1.165, 1.54) is 24.3 Å². The van der Waals surface area contributed by atoms with Gasteiger partial charge in [-0.3, -0.25) is 4.79 Å². The number of nitrogens with one attached hydrogen (secondary N) is 1. The van der Waals surface area contributed by atoms with Crippen molar-refractivity contribution in [3.05, 3.63) is 24.3 Å². The van der Waals surface area contributed by atoms with Crippen molar-refractivity contribution in [2.45, 2.75) is 37.6 Å². The van der Waals surface area contributed by atoms with Crippen LogP contribution in [0.25, 0.3) is 0 Å². The van der Waals surface area contributed by atoms with Gasteiger partial charge >= 0.3 is 5.97 Å². The quantitative estimate of drug-likeness (QED) is 0.591. The Bertz CT molecular complexity index is 584. The fraction of sp³-hybridized carbons (Fsp3) is 0.533. The minimum atomic E-state index is -3.88. The van der Waals surface area contributed by atoms with Crippen molar-refractivity contribution in [1.82, 2.24) is 4.72 Å². The number of carbonyl (C=O) groups is 1. The first-order chi connectivity index (χ1) is 10.9. The topological polar surface area (TPSA) is 102 Å². The van der Waals surface area contributed by atoms with Crippen molar-refractivity contribution in [1.29, 1.82) is 0 Å². The Kier molecular flexibility index (Phi) is 8.01. The number of sulfonamides is 1. The van der Waals surface area contributed by atoms with Crippen LogP contribution in [-0.4, -0.2) is 45.4 Å². The predicted octanol–water partition coefficient (Wildman–Crippen LogP) is 1.63. The molecule has 0 bridgehead atoms. The fourth-order valence-electron chi connectivity index (χ4n) is 1.85. The molecule has 0 aliphatic carbocycles. The average molecular weight is 345 g/mol. The molecule has 0 spiro atoms. The Morgan fingerprint density at radius 1 is 1.22 bits per heavy atom. The van der Waals surface area contributed by atoms with Crippen molar-refractivity contribution in [2.75, 3.05) is 19.8 Å². The van der Waals surface area contributed by atoms with Gasteiger partial charge in [-0.2, -0.15) is 4.72 Å². The molecule has 0 radical (unpaired) electrons. The molecule has 0 saturated carbocycles. The summed E-state index contributed by atoms with van der Waals surface area (Å²) in [5.74, 6) is -0.668. The van der Waals surface area contributed by atoms with Crippen LogP contribution in [-0.2, 0) is 19.6 Å². The summed E-state index contributed by atoms with van der Waals surface area (Å²) in [7, 11) is -3.88. The van der Waals surface area contributed by atoms with E-state index in [0.717, 1.165) is 0 Å². The third-order valence-corrected chi connectivity index (χ3v) is 4.49. The van der Waals surface area contributed by atoms with Gasteiger partial charge in [-0.25, -0.2) is 8.42 Å². The van der Waals surface area contributed by atoms with Crippen LogP contribution in [0.4, 0.5) is 0 Å². The molecule has 0 heterocycles. The van der Waals surface area contributed by atoms with Gasteiger partial charge in [0.05, 0.1) is 11.5 Å². The van der Waals surface area contributed by atoms with Crippen LogP contribution in [0.15, 0.2) is 29.2 Å². The van der Waals surface area contributed by atoms with Gasteiger partial charge in [0.25, 0.3) is 0 Å². The number of hydrogen-bond donors (Lipinski definition) is 2. The Morgan fingerprint density at radius 3 is 2.39 bits per heavy atom. The van der Waals surface area contributed by atoms with Gasteiger partial charge in [0.2, 0.25) is 10.0 Å². The molecule has 130 valence electrons. The van der Waals surface area contributed by atoms with Crippen LogP contribution in [0.5, 0.6) is 5.75 Å². The second kappa shape index (κ2) is 9.49. The van der Waals surface area contributed by atoms with E-state index in [9.17, 15) is 13.2 Å². The van der Waals surface area contributed by atoms with E-state index in [0.29, 0.717) is 32.0 Å². The zero-order valence-electron chi connectivity index (χ0n) is 13.3. The van der Waals surface area contributed by atoms with E-state index in [4.69, 9.17) is 14.6 Å². The summed E-state index contributed by atoms with van der Waals surface area (Å²) in [6, 6.07) is 4.67. The molecule has 0 saturated heterocycles. The maximum atomic E-state index is 12.2. The van der Waals surface area contributed by atoms with Gasteiger partial charge in [-0.1, -0.05) is 13.3 Å². The molecule has 1 rings (SSSR count). The maximum Gasteiger partial charge on any atom is 0.321 e. The van der Waals surface area contributed by atoms with Gasteiger partial charge in [0.1, 0.15) is 18.4 Å². The molecule has 0 aliphatic heterocycles. The zero-order valence-corrected chi connectivity index (χ0v) is 14.1. The number of benzene rings is 1. The van der Waals surface area contributed by atoms with Crippen LogP contribution < -0.4 is 9.46 Å². The van der Waals surface area contributed by atoms with E-state index in [2.05, 4.69) is 4.72 Å². The normalized spacial score (nSPS) is 12.8. The number of rotatable bonds is 11. The van der Waals surface area contributed by atoms with Gasteiger partial charge in [-0.05, 0) is 37.6 Å². The first kappa shape index (κ1) is 19.4. The summed E-state index contributed by atoms with van der Waals surface area (Å²) in [6.07, 6.45) is 0.791. The minimum absolute atomic E-state index is 0.00277. The van der Waals surface area contributed by atoms with Gasteiger partial charge in [-0.15, -0.1) is 0 Å². The van der Waals surface area contributed by atoms with E-state index < -0.39 is 22.0 Å². The monoisotopic (exact) mass is 345 g/mol. The Balaban J connectivity index is 2.71.